The molecule has 0 amide bonds. The van der Waals surface area contributed by atoms with Crippen molar-refractivity contribution in [3.8, 4) is 22.6 Å². The summed E-state index contributed by atoms with van der Waals surface area (Å²) < 4.78 is 6.29. The van der Waals surface area contributed by atoms with Gasteiger partial charge >= 0.3 is 5.97 Å². The highest BCUT2D eigenvalue weighted by molar-refractivity contribution is 5.83. The van der Waals surface area contributed by atoms with Crippen LogP contribution in [-0.4, -0.2) is 63.2 Å². The van der Waals surface area contributed by atoms with Gasteiger partial charge in [0.05, 0.1) is 12.0 Å². The maximum absolute atomic E-state index is 11.4. The van der Waals surface area contributed by atoms with Gasteiger partial charge in [0.1, 0.15) is 5.52 Å². The van der Waals surface area contributed by atoms with Gasteiger partial charge in [-0.3, -0.25) is 14.6 Å². The number of carboxylic acid groups (broad SMARTS) is 1. The van der Waals surface area contributed by atoms with Crippen LogP contribution in [0.4, 0.5) is 0 Å². The van der Waals surface area contributed by atoms with Crippen LogP contribution in [0.25, 0.3) is 45.8 Å². The molecule has 7 nitrogen and oxygen atoms in total. The summed E-state index contributed by atoms with van der Waals surface area (Å²) in [6, 6.07) is 23.5. The number of oxazole rings is 1. The molecule has 2 saturated heterocycles. The van der Waals surface area contributed by atoms with Gasteiger partial charge in [0.2, 0.25) is 5.89 Å². The molecule has 7 heteroatoms. The first-order valence-corrected chi connectivity index (χ1v) is 17.4. The second-order valence-electron chi connectivity index (χ2n) is 14.0. The van der Waals surface area contributed by atoms with Gasteiger partial charge in [0, 0.05) is 38.3 Å². The third kappa shape index (κ3) is 6.97. The molecule has 2 N–H and O–H groups in total. The molecule has 1 aromatic heterocycles. The number of β-amino-alcohol motifs (C(OH)–C–C–N with tert-alkyl or cyclic N) is 1. The summed E-state index contributed by atoms with van der Waals surface area (Å²) in [7, 11) is 0. The van der Waals surface area contributed by atoms with E-state index in [0.29, 0.717) is 12.4 Å². The Kier molecular flexibility index (Phi) is 9.25. The topological polar surface area (TPSA) is 90.0 Å². The first kappa shape index (κ1) is 33.0. The van der Waals surface area contributed by atoms with Gasteiger partial charge in [0.15, 0.2) is 5.58 Å². The number of aliphatic hydroxyl groups excluding tert-OH is 1. The van der Waals surface area contributed by atoms with E-state index in [9.17, 15) is 15.0 Å². The normalized spacial score (nSPS) is 18.7. The van der Waals surface area contributed by atoms with Crippen LogP contribution in [0, 0.1) is 33.6 Å². The molecule has 5 aromatic rings. The fraction of sp³-hybridized carbons (Fsp3) is 0.333. The standard InChI is InChI=1S/C42H45N3O4/c1-26-20-34(24-45-17-15-33(23-45)42(47)48)27(2)19-32(26)13-12-31-7-5-8-36(28(31)3)37-9-6-10-38(29(37)4)41-43-39-21-30(11-14-40(39)49-41)22-44-18-16-35(46)25-44/h5-14,19-21,33,35,46H,15-18,22-25H2,1-4H3,(H,47,48)/b13-12+/t33-,35-/m1/s1. The third-order valence-electron chi connectivity index (χ3n) is 10.5. The number of carbonyl (C=O) groups is 1. The molecule has 0 unspecified atom stereocenters. The predicted octanol–water partition coefficient (Wildman–Crippen LogP) is 8.04. The number of likely N-dealkylation sites (tertiary alicyclic amines) is 2. The molecule has 0 radical (unpaired) electrons. The van der Waals surface area contributed by atoms with E-state index >= 15 is 0 Å². The lowest BCUT2D eigenvalue weighted by Gasteiger charge is -2.18. The third-order valence-corrected chi connectivity index (χ3v) is 10.5. The minimum atomic E-state index is -0.688. The van der Waals surface area contributed by atoms with Crippen LogP contribution in [0.15, 0.2) is 71.1 Å². The molecule has 2 atom stereocenters. The fourth-order valence-corrected chi connectivity index (χ4v) is 7.53. The SMILES string of the molecule is Cc1cc(CN2CC[C@@H](C(=O)O)C2)c(C)cc1/C=C/c1cccc(-c2cccc(-c3nc4cc(CN5CC[C@@H](O)C5)ccc4o3)c2C)c1C. The van der Waals surface area contributed by atoms with Crippen LogP contribution in [0.3, 0.4) is 0 Å². The molecule has 0 saturated carbocycles. The van der Waals surface area contributed by atoms with Crippen molar-refractivity contribution in [3.63, 3.8) is 0 Å². The smallest absolute Gasteiger partial charge is 0.307 e. The van der Waals surface area contributed by atoms with Gasteiger partial charge in [-0.15, -0.1) is 0 Å². The average Bonchev–Trinajstić information content (AvgIpc) is 3.83. The van der Waals surface area contributed by atoms with Gasteiger partial charge in [-0.25, -0.2) is 4.98 Å². The van der Waals surface area contributed by atoms with E-state index in [4.69, 9.17) is 9.40 Å². The summed E-state index contributed by atoms with van der Waals surface area (Å²) in [6.07, 6.45) is 5.74. The maximum atomic E-state index is 11.4. The number of hydrogen-bond donors (Lipinski definition) is 2. The number of aromatic nitrogens is 1. The Morgan fingerprint density at radius 2 is 1.53 bits per heavy atom. The lowest BCUT2D eigenvalue weighted by atomic mass is 9.91. The molecule has 252 valence electrons. The Bertz CT molecular complexity index is 2060. The lowest BCUT2D eigenvalue weighted by Crippen LogP contribution is -2.23. The highest BCUT2D eigenvalue weighted by Crippen LogP contribution is 2.36. The second-order valence-corrected chi connectivity index (χ2v) is 14.0. The number of carboxylic acids is 1. The lowest BCUT2D eigenvalue weighted by molar-refractivity contribution is -0.141. The van der Waals surface area contributed by atoms with Crippen molar-refractivity contribution in [3.05, 3.63) is 111 Å². The van der Waals surface area contributed by atoms with Crippen molar-refractivity contribution in [2.75, 3.05) is 26.2 Å². The van der Waals surface area contributed by atoms with E-state index in [1.807, 2.05) is 6.07 Å². The molecule has 3 heterocycles. The zero-order valence-electron chi connectivity index (χ0n) is 28.9. The summed E-state index contributed by atoms with van der Waals surface area (Å²) in [5.41, 5.74) is 14.5. The van der Waals surface area contributed by atoms with Crippen LogP contribution >= 0.6 is 0 Å². The van der Waals surface area contributed by atoms with Crippen molar-refractivity contribution < 1.29 is 19.4 Å². The molecule has 4 aromatic carbocycles. The van der Waals surface area contributed by atoms with E-state index in [0.717, 1.165) is 73.4 Å². The van der Waals surface area contributed by atoms with E-state index in [1.54, 1.807) is 0 Å². The summed E-state index contributed by atoms with van der Waals surface area (Å²) >= 11 is 0. The number of aryl methyl sites for hydroxylation is 2. The molecule has 0 bridgehead atoms. The van der Waals surface area contributed by atoms with Gasteiger partial charge in [0.25, 0.3) is 0 Å². The zero-order valence-corrected chi connectivity index (χ0v) is 28.9. The largest absolute Gasteiger partial charge is 0.481 e. The Morgan fingerprint density at radius 1 is 0.816 bits per heavy atom. The van der Waals surface area contributed by atoms with Crippen LogP contribution in [0.2, 0.25) is 0 Å². The van der Waals surface area contributed by atoms with Crippen molar-refractivity contribution >= 4 is 29.2 Å². The summed E-state index contributed by atoms with van der Waals surface area (Å²) in [5.74, 6) is -0.323. The van der Waals surface area contributed by atoms with E-state index < -0.39 is 5.97 Å². The molecule has 0 aliphatic carbocycles. The van der Waals surface area contributed by atoms with Gasteiger partial charge < -0.3 is 14.6 Å². The Labute approximate surface area is 288 Å². The van der Waals surface area contributed by atoms with Crippen LogP contribution in [0.1, 0.15) is 57.3 Å². The van der Waals surface area contributed by atoms with Crippen molar-refractivity contribution in [2.24, 2.45) is 5.92 Å². The molecular formula is C42H45N3O4. The number of benzene rings is 4. The van der Waals surface area contributed by atoms with E-state index in [-0.39, 0.29) is 12.0 Å². The van der Waals surface area contributed by atoms with Gasteiger partial charge in [-0.2, -0.15) is 0 Å². The first-order valence-electron chi connectivity index (χ1n) is 17.4. The number of aliphatic carboxylic acids is 1. The van der Waals surface area contributed by atoms with Gasteiger partial charge in [-0.05, 0) is 121 Å². The Hall–Kier alpha value is -4.56. The minimum absolute atomic E-state index is 0.229. The molecule has 2 fully saturated rings. The molecule has 2 aliphatic rings. The average molecular weight is 656 g/mol. The molecular weight excluding hydrogens is 610 g/mol. The minimum Gasteiger partial charge on any atom is -0.481 e. The summed E-state index contributed by atoms with van der Waals surface area (Å²) in [5, 5.41) is 19.3. The molecule has 0 spiro atoms. The van der Waals surface area contributed by atoms with E-state index in [1.165, 1.54) is 44.5 Å². The number of rotatable bonds is 9. The van der Waals surface area contributed by atoms with Crippen molar-refractivity contribution in [2.45, 2.75) is 59.7 Å². The zero-order chi connectivity index (χ0) is 34.2. The molecule has 2 aliphatic heterocycles. The number of fused-ring (bicyclic) bond motifs is 1. The summed E-state index contributed by atoms with van der Waals surface area (Å²) in [4.78, 5) is 20.9. The first-order chi connectivity index (χ1) is 23.6. The quantitative estimate of drug-likeness (QED) is 0.155. The summed E-state index contributed by atoms with van der Waals surface area (Å²) in [6.45, 7) is 13.3. The monoisotopic (exact) mass is 655 g/mol. The van der Waals surface area contributed by atoms with E-state index in [2.05, 4.69) is 110 Å². The van der Waals surface area contributed by atoms with Crippen molar-refractivity contribution in [1.29, 1.82) is 0 Å². The second kappa shape index (κ2) is 13.7. The Morgan fingerprint density at radius 3 is 2.29 bits per heavy atom. The van der Waals surface area contributed by atoms with Crippen molar-refractivity contribution in [1.82, 2.24) is 14.8 Å². The molecule has 7 rings (SSSR count). The highest BCUT2D eigenvalue weighted by atomic mass is 16.4. The van der Waals surface area contributed by atoms with Crippen LogP contribution in [0.5, 0.6) is 0 Å². The Balaban J connectivity index is 1.11. The maximum Gasteiger partial charge on any atom is 0.307 e. The van der Waals surface area contributed by atoms with Crippen LogP contribution < -0.4 is 0 Å². The number of nitrogens with zero attached hydrogens (tertiary/aromatic N) is 3. The highest BCUT2D eigenvalue weighted by Gasteiger charge is 2.28. The van der Waals surface area contributed by atoms with Gasteiger partial charge in [-0.1, -0.05) is 60.7 Å². The fourth-order valence-electron chi connectivity index (χ4n) is 7.53. The number of aliphatic hydroxyl groups is 1. The predicted molar refractivity (Wildman–Crippen MR) is 196 cm³/mol. The van der Waals surface area contributed by atoms with Crippen LogP contribution in [-0.2, 0) is 17.9 Å². The number of hydrogen-bond acceptors (Lipinski definition) is 6. The molecule has 49 heavy (non-hydrogen) atoms.